The first-order valence-electron chi connectivity index (χ1n) is 13.1. The van der Waals surface area contributed by atoms with Crippen molar-refractivity contribution in [2.75, 3.05) is 46.2 Å². The fourth-order valence-electron chi connectivity index (χ4n) is 4.57. The Hall–Kier alpha value is -3.66. The van der Waals surface area contributed by atoms with E-state index in [1.165, 1.54) is 35.0 Å². The van der Waals surface area contributed by atoms with E-state index in [9.17, 15) is 21.6 Å². The van der Waals surface area contributed by atoms with Crippen molar-refractivity contribution in [3.05, 3.63) is 59.7 Å². The number of carbonyl (C=O) groups excluding carboxylic acids is 1. The van der Waals surface area contributed by atoms with Gasteiger partial charge in [0, 0.05) is 37.3 Å². The number of hydrogen-bond donors (Lipinski definition) is 2. The third-order valence-electron chi connectivity index (χ3n) is 6.67. The van der Waals surface area contributed by atoms with Crippen LogP contribution in [-0.4, -0.2) is 94.7 Å². The van der Waals surface area contributed by atoms with Gasteiger partial charge >= 0.3 is 5.97 Å². The Balaban J connectivity index is 1.83. The van der Waals surface area contributed by atoms with Crippen LogP contribution in [0, 0.1) is 0 Å². The van der Waals surface area contributed by atoms with E-state index in [-0.39, 0.29) is 55.6 Å². The molecule has 0 atom stereocenters. The Labute approximate surface area is 246 Å². The predicted molar refractivity (Wildman–Crippen MR) is 156 cm³/mol. The van der Waals surface area contributed by atoms with Gasteiger partial charge in [0.1, 0.15) is 16.4 Å². The molecule has 13 nitrogen and oxygen atoms in total. The van der Waals surface area contributed by atoms with Gasteiger partial charge in [-0.15, -0.1) is 0 Å². The number of oxime groups is 1. The van der Waals surface area contributed by atoms with E-state index in [1.54, 1.807) is 49.4 Å². The number of methoxy groups -OCH3 is 2. The highest BCUT2D eigenvalue weighted by Crippen LogP contribution is 2.32. The summed E-state index contributed by atoms with van der Waals surface area (Å²) >= 11 is 0. The zero-order chi connectivity index (χ0) is 30.9. The Bertz CT molecular complexity index is 1520. The second kappa shape index (κ2) is 14.5. The highest BCUT2D eigenvalue weighted by atomic mass is 32.2. The van der Waals surface area contributed by atoms with E-state index in [2.05, 4.69) is 5.16 Å². The van der Waals surface area contributed by atoms with Crippen LogP contribution in [0.3, 0.4) is 0 Å². The number of piperidine rings is 1. The lowest BCUT2D eigenvalue weighted by atomic mass is 10.1. The minimum Gasteiger partial charge on any atom is -0.497 e. The number of esters is 1. The molecule has 1 aliphatic heterocycles. The minimum absolute atomic E-state index is 0.0366. The molecule has 0 spiro atoms. The molecule has 0 aromatic heterocycles. The largest absolute Gasteiger partial charge is 0.497 e. The molecule has 1 saturated heterocycles. The number of nitrogens with zero attached hydrogens (tertiary/aromatic N) is 3. The van der Waals surface area contributed by atoms with Crippen molar-refractivity contribution in [2.24, 2.45) is 10.9 Å². The molecule has 0 aliphatic carbocycles. The summed E-state index contributed by atoms with van der Waals surface area (Å²) in [5.41, 5.74) is 6.81. The number of rotatable bonds is 13. The molecular formula is C27H36N4O9S2. The molecular weight excluding hydrogens is 588 g/mol. The van der Waals surface area contributed by atoms with E-state index in [4.69, 9.17) is 25.2 Å². The Morgan fingerprint density at radius 2 is 1.83 bits per heavy atom. The topological polar surface area (TPSA) is 178 Å². The molecule has 3 rings (SSSR count). The van der Waals surface area contributed by atoms with Crippen LogP contribution in [0.5, 0.6) is 11.5 Å². The smallest absolute Gasteiger partial charge is 0.322 e. The first-order chi connectivity index (χ1) is 20.0. The zero-order valence-electron chi connectivity index (χ0n) is 23.7. The number of amidine groups is 1. The van der Waals surface area contributed by atoms with Crippen molar-refractivity contribution in [1.82, 2.24) is 8.61 Å². The summed E-state index contributed by atoms with van der Waals surface area (Å²) in [4.78, 5) is 12.1. The van der Waals surface area contributed by atoms with E-state index in [0.29, 0.717) is 16.9 Å². The molecule has 0 bridgehead atoms. The van der Waals surface area contributed by atoms with Gasteiger partial charge in [-0.1, -0.05) is 35.5 Å². The molecule has 42 heavy (non-hydrogen) atoms. The second-order valence-electron chi connectivity index (χ2n) is 9.30. The number of sulfonamides is 2. The Morgan fingerprint density at radius 3 is 2.45 bits per heavy atom. The Kier molecular flexibility index (Phi) is 11.3. The molecule has 1 heterocycles. The van der Waals surface area contributed by atoms with Crippen molar-refractivity contribution in [2.45, 2.75) is 30.7 Å². The maximum Gasteiger partial charge on any atom is 0.322 e. The summed E-state index contributed by atoms with van der Waals surface area (Å²) < 4.78 is 71.6. The monoisotopic (exact) mass is 624 g/mol. The standard InChI is InChI=1S/C27H36N4O9S2/c1-4-40-26(32)19-41(34,35)31(14-6-8-20-7-5-9-21(17-20)27(28)29-33)22-12-15-30(16-13-22)42(36,37)25-18-23(38-2)10-11-24(25)39-3/h5-11,17-18,22,33H,4,12-16,19H2,1-3H3,(H2,28,29)/b8-6+. The van der Waals surface area contributed by atoms with Crippen LogP contribution >= 0.6 is 0 Å². The quantitative estimate of drug-likeness (QED) is 0.110. The molecule has 0 saturated carbocycles. The van der Waals surface area contributed by atoms with Gasteiger partial charge in [0.15, 0.2) is 11.6 Å². The highest BCUT2D eigenvalue weighted by molar-refractivity contribution is 7.90. The maximum absolute atomic E-state index is 13.5. The van der Waals surface area contributed by atoms with Gasteiger partial charge in [-0.05, 0) is 43.5 Å². The zero-order valence-corrected chi connectivity index (χ0v) is 25.3. The van der Waals surface area contributed by atoms with Gasteiger partial charge in [0.2, 0.25) is 20.0 Å². The summed E-state index contributed by atoms with van der Waals surface area (Å²) in [6, 6.07) is 10.7. The summed E-state index contributed by atoms with van der Waals surface area (Å²) in [7, 11) is -5.29. The first-order valence-corrected chi connectivity index (χ1v) is 16.1. The normalized spacial score (nSPS) is 15.7. The summed E-state index contributed by atoms with van der Waals surface area (Å²) in [5, 5.41) is 11.9. The van der Waals surface area contributed by atoms with Crippen LogP contribution < -0.4 is 15.2 Å². The van der Waals surface area contributed by atoms with Crippen LogP contribution in [0.2, 0.25) is 0 Å². The summed E-state index contributed by atoms with van der Waals surface area (Å²) in [5.74, 6) is -1.27. The number of hydrogen-bond acceptors (Lipinski definition) is 10. The van der Waals surface area contributed by atoms with Crippen LogP contribution in [-0.2, 0) is 29.6 Å². The lowest BCUT2D eigenvalue weighted by Crippen LogP contribution is -2.50. The molecule has 230 valence electrons. The predicted octanol–water partition coefficient (Wildman–Crippen LogP) is 1.86. The van der Waals surface area contributed by atoms with E-state index in [1.807, 2.05) is 0 Å². The highest BCUT2D eigenvalue weighted by Gasteiger charge is 2.37. The lowest BCUT2D eigenvalue weighted by molar-refractivity contribution is -0.140. The van der Waals surface area contributed by atoms with Gasteiger partial charge in [0.25, 0.3) is 0 Å². The number of ether oxygens (including phenoxy) is 3. The Morgan fingerprint density at radius 1 is 1.12 bits per heavy atom. The molecule has 0 radical (unpaired) electrons. The van der Waals surface area contributed by atoms with Gasteiger partial charge in [0.05, 0.1) is 20.8 Å². The minimum atomic E-state index is -4.12. The molecule has 1 fully saturated rings. The van der Waals surface area contributed by atoms with E-state index < -0.39 is 37.8 Å². The first kappa shape index (κ1) is 32.8. The van der Waals surface area contributed by atoms with Crippen molar-refractivity contribution >= 4 is 37.9 Å². The second-order valence-corrected chi connectivity index (χ2v) is 13.1. The fourth-order valence-corrected chi connectivity index (χ4v) is 7.74. The van der Waals surface area contributed by atoms with Crippen LogP contribution in [0.15, 0.2) is 58.6 Å². The summed E-state index contributed by atoms with van der Waals surface area (Å²) in [6.45, 7) is 1.64. The molecule has 1 aliphatic rings. The molecule has 2 aromatic carbocycles. The number of nitrogens with two attached hydrogens (primary N) is 1. The fraction of sp³-hybridized carbons (Fsp3) is 0.407. The maximum atomic E-state index is 13.5. The van der Waals surface area contributed by atoms with Crippen molar-refractivity contribution in [1.29, 1.82) is 0 Å². The van der Waals surface area contributed by atoms with Crippen molar-refractivity contribution in [3.63, 3.8) is 0 Å². The molecule has 0 unspecified atom stereocenters. The number of carbonyl (C=O) groups is 1. The van der Waals surface area contributed by atoms with Crippen molar-refractivity contribution in [3.8, 4) is 11.5 Å². The van der Waals surface area contributed by atoms with Crippen LogP contribution in [0.25, 0.3) is 6.08 Å². The van der Waals surface area contributed by atoms with Gasteiger partial charge in [-0.25, -0.2) is 16.8 Å². The van der Waals surface area contributed by atoms with Crippen LogP contribution in [0.4, 0.5) is 0 Å². The number of benzene rings is 2. The third kappa shape index (κ3) is 8.00. The molecule has 0 amide bonds. The average molecular weight is 625 g/mol. The molecule has 2 aromatic rings. The van der Waals surface area contributed by atoms with E-state index >= 15 is 0 Å². The van der Waals surface area contributed by atoms with Gasteiger partial charge in [-0.3, -0.25) is 4.79 Å². The van der Waals surface area contributed by atoms with Gasteiger partial charge in [-0.2, -0.15) is 8.61 Å². The van der Waals surface area contributed by atoms with Crippen molar-refractivity contribution < 1.29 is 41.0 Å². The average Bonchev–Trinajstić information content (AvgIpc) is 2.98. The lowest BCUT2D eigenvalue weighted by Gasteiger charge is -2.36. The van der Waals surface area contributed by atoms with Gasteiger partial charge < -0.3 is 25.2 Å². The SMILES string of the molecule is CCOC(=O)CS(=O)(=O)N(C/C=C/c1cccc(/C(N)=N\O)c1)C1CCN(S(=O)(=O)c2cc(OC)ccc2OC)CC1. The third-order valence-corrected chi connectivity index (χ3v) is 10.4. The molecule has 15 heteroatoms. The van der Waals surface area contributed by atoms with Crippen LogP contribution in [0.1, 0.15) is 30.9 Å². The van der Waals surface area contributed by atoms with E-state index in [0.717, 1.165) is 0 Å². The molecule has 3 N–H and O–H groups in total. The summed E-state index contributed by atoms with van der Waals surface area (Å²) in [6.07, 6.45) is 3.69.